The van der Waals surface area contributed by atoms with Crippen LogP contribution in [0.25, 0.3) is 0 Å². The van der Waals surface area contributed by atoms with Crippen LogP contribution in [0.2, 0.25) is 0 Å². The zero-order valence-corrected chi connectivity index (χ0v) is 12.4. The Morgan fingerprint density at radius 3 is 1.75 bits per heavy atom. The number of unbranched alkanes of at least 4 members (excludes halogenated alkanes) is 3. The van der Waals surface area contributed by atoms with Crippen molar-refractivity contribution in [2.75, 3.05) is 0 Å². The molecule has 0 aliphatic carbocycles. The molecule has 0 aliphatic rings. The van der Waals surface area contributed by atoms with Crippen LogP contribution in [-0.2, 0) is 6.54 Å². The maximum absolute atomic E-state index is 10.7. The molecule has 20 heavy (non-hydrogen) atoms. The summed E-state index contributed by atoms with van der Waals surface area (Å²) in [5.74, 6) is 0. The monoisotopic (exact) mass is 323 g/mol. The number of aromatic nitrogens is 1. The Bertz CT molecular complexity index is 385. The molecule has 1 heterocycles. The fourth-order valence-electron chi connectivity index (χ4n) is 1.40. The predicted octanol–water partition coefficient (Wildman–Crippen LogP) is 6.25. The molecule has 0 saturated heterocycles. The van der Waals surface area contributed by atoms with Crippen LogP contribution in [0.1, 0.15) is 38.2 Å². The zero-order valence-electron chi connectivity index (χ0n) is 11.5. The minimum atomic E-state index is -10.7. The van der Waals surface area contributed by atoms with Gasteiger partial charge in [0.2, 0.25) is 0 Å². The van der Waals surface area contributed by atoms with E-state index >= 15 is 0 Å². The third-order valence-electron chi connectivity index (χ3n) is 2.33. The van der Waals surface area contributed by atoms with Crippen molar-refractivity contribution in [3.05, 3.63) is 30.1 Å². The van der Waals surface area contributed by atoms with Crippen molar-refractivity contribution < 1.29 is 29.7 Å². The first-order valence-corrected chi connectivity index (χ1v) is 8.33. The van der Waals surface area contributed by atoms with E-state index in [4.69, 9.17) is 0 Å². The van der Waals surface area contributed by atoms with Gasteiger partial charge in [-0.2, -0.15) is 0 Å². The molecule has 0 amide bonds. The van der Waals surface area contributed by atoms with E-state index < -0.39 is 7.81 Å². The second-order valence-electron chi connectivity index (χ2n) is 4.63. The van der Waals surface area contributed by atoms with Crippen LogP contribution >= 0.6 is 7.81 Å². The molecule has 0 spiro atoms. The van der Waals surface area contributed by atoms with Gasteiger partial charge in [0.15, 0.2) is 12.4 Å². The number of nitrogens with zero attached hydrogens (tertiary/aromatic N) is 1. The van der Waals surface area contributed by atoms with Gasteiger partial charge >= 0.3 is 33.0 Å². The summed E-state index contributed by atoms with van der Waals surface area (Å²) in [6, 6.07) is 4.33. The second kappa shape index (κ2) is 6.29. The van der Waals surface area contributed by atoms with Gasteiger partial charge in [0.25, 0.3) is 0 Å². The van der Waals surface area contributed by atoms with Crippen molar-refractivity contribution in [2.45, 2.75) is 46.1 Å². The minimum absolute atomic E-state index is 1.17. The number of pyridine rings is 1. The van der Waals surface area contributed by atoms with Crippen LogP contribution in [0.4, 0.5) is 25.2 Å². The Labute approximate surface area is 114 Å². The van der Waals surface area contributed by atoms with Crippen LogP contribution in [0.3, 0.4) is 0 Å². The molecule has 0 aromatic carbocycles. The van der Waals surface area contributed by atoms with Gasteiger partial charge < -0.3 is 0 Å². The summed E-state index contributed by atoms with van der Waals surface area (Å²) in [4.78, 5) is 0. The van der Waals surface area contributed by atoms with Gasteiger partial charge in [-0.05, 0) is 18.9 Å². The Hall–Kier alpha value is -0.840. The molecule has 0 radical (unpaired) electrons. The summed E-state index contributed by atoms with van der Waals surface area (Å²) in [6.45, 7) is 5.54. The topological polar surface area (TPSA) is 3.88 Å². The molecule has 1 aromatic rings. The second-order valence-corrected chi connectivity index (χ2v) is 6.55. The normalized spacial score (nSPS) is 14.8. The molecule has 1 rings (SSSR count). The SMILES string of the molecule is CCCCCC[n+]1ccc(C)cc1.F[P-](F)(F)(F)(F)F. The molecular weight excluding hydrogens is 303 g/mol. The van der Waals surface area contributed by atoms with E-state index in [0.29, 0.717) is 0 Å². The van der Waals surface area contributed by atoms with Gasteiger partial charge in [-0.15, -0.1) is 0 Å². The number of halogens is 6. The summed E-state index contributed by atoms with van der Waals surface area (Å²) in [6.07, 6.45) is 9.69. The van der Waals surface area contributed by atoms with Crippen LogP contribution in [0, 0.1) is 6.92 Å². The molecule has 1 nitrogen and oxygen atoms in total. The molecule has 120 valence electrons. The molecule has 0 atom stereocenters. The van der Waals surface area contributed by atoms with Gasteiger partial charge in [-0.25, -0.2) is 4.57 Å². The Balaban J connectivity index is 0.000000441. The predicted molar refractivity (Wildman–Crippen MR) is 69.1 cm³/mol. The molecule has 0 saturated carbocycles. The van der Waals surface area contributed by atoms with Gasteiger partial charge in [-0.3, -0.25) is 0 Å². The first-order valence-electron chi connectivity index (χ1n) is 6.30. The fourth-order valence-corrected chi connectivity index (χ4v) is 1.40. The Morgan fingerprint density at radius 1 is 0.900 bits per heavy atom. The van der Waals surface area contributed by atoms with Gasteiger partial charge in [-0.1, -0.05) is 19.8 Å². The average molecular weight is 323 g/mol. The van der Waals surface area contributed by atoms with E-state index in [1.54, 1.807) is 0 Å². The first-order chi connectivity index (χ1) is 8.78. The summed E-state index contributed by atoms with van der Waals surface area (Å²) in [7, 11) is -10.7. The number of hydrogen-bond donors (Lipinski definition) is 0. The number of aryl methyl sites for hydroxylation is 2. The standard InChI is InChI=1S/C12H20N.F6P/c1-3-4-5-6-9-13-10-7-12(2)8-11-13;1-7(2,3,4,5)6/h7-8,10-11H,3-6,9H2,1-2H3;/q+1;-1. The van der Waals surface area contributed by atoms with Crippen molar-refractivity contribution in [3.63, 3.8) is 0 Å². The maximum atomic E-state index is 9.87. The molecule has 8 heteroatoms. The number of rotatable bonds is 5. The van der Waals surface area contributed by atoms with E-state index in [9.17, 15) is 25.2 Å². The van der Waals surface area contributed by atoms with E-state index in [-0.39, 0.29) is 0 Å². The third-order valence-corrected chi connectivity index (χ3v) is 2.33. The quantitative estimate of drug-likeness (QED) is 0.261. The Morgan fingerprint density at radius 2 is 1.35 bits per heavy atom. The van der Waals surface area contributed by atoms with Crippen LogP contribution in [0.15, 0.2) is 24.5 Å². The van der Waals surface area contributed by atoms with Gasteiger partial charge in [0, 0.05) is 18.6 Å². The Kier molecular flexibility index (Phi) is 6.02. The van der Waals surface area contributed by atoms with E-state index in [1.807, 2.05) is 0 Å². The summed E-state index contributed by atoms with van der Waals surface area (Å²) in [5.41, 5.74) is 1.34. The molecule has 0 aliphatic heterocycles. The molecule has 0 N–H and O–H groups in total. The van der Waals surface area contributed by atoms with E-state index in [2.05, 4.69) is 42.9 Å². The van der Waals surface area contributed by atoms with E-state index in [0.717, 1.165) is 0 Å². The van der Waals surface area contributed by atoms with Crippen LogP contribution in [0.5, 0.6) is 0 Å². The van der Waals surface area contributed by atoms with Crippen molar-refractivity contribution in [1.29, 1.82) is 0 Å². The van der Waals surface area contributed by atoms with Crippen LogP contribution in [-0.4, -0.2) is 0 Å². The molecule has 0 bridgehead atoms. The third kappa shape index (κ3) is 19.5. The average Bonchev–Trinajstić information content (AvgIpc) is 2.23. The molecular formula is C12H20F6NP. The van der Waals surface area contributed by atoms with Crippen molar-refractivity contribution in [3.8, 4) is 0 Å². The summed E-state index contributed by atoms with van der Waals surface area (Å²) < 4.78 is 61.5. The van der Waals surface area contributed by atoms with Crippen molar-refractivity contribution in [1.82, 2.24) is 0 Å². The van der Waals surface area contributed by atoms with Gasteiger partial charge in [0.05, 0.1) is 0 Å². The first kappa shape index (κ1) is 19.2. The molecule has 0 unspecified atom stereocenters. The molecule has 1 aromatic heterocycles. The molecule has 0 fully saturated rings. The fraction of sp³-hybridized carbons (Fsp3) is 0.583. The zero-order chi connectivity index (χ0) is 15.9. The van der Waals surface area contributed by atoms with Crippen LogP contribution < -0.4 is 4.57 Å². The number of hydrogen-bond acceptors (Lipinski definition) is 0. The van der Waals surface area contributed by atoms with Crippen molar-refractivity contribution >= 4 is 7.81 Å². The summed E-state index contributed by atoms with van der Waals surface area (Å²) >= 11 is 0. The van der Waals surface area contributed by atoms with E-state index in [1.165, 1.54) is 37.8 Å². The van der Waals surface area contributed by atoms with Crippen molar-refractivity contribution in [2.24, 2.45) is 0 Å². The van der Waals surface area contributed by atoms with Gasteiger partial charge in [0.1, 0.15) is 6.54 Å². The summed E-state index contributed by atoms with van der Waals surface area (Å²) in [5, 5.41) is 0.